The van der Waals surface area contributed by atoms with Crippen molar-refractivity contribution in [1.29, 1.82) is 0 Å². The molecular weight excluding hydrogens is 320 g/mol. The molecule has 2 nitrogen and oxygen atoms in total. The van der Waals surface area contributed by atoms with Crippen LogP contribution in [0, 0.1) is 0 Å². The lowest BCUT2D eigenvalue weighted by atomic mass is 10.0. The predicted octanol–water partition coefficient (Wildman–Crippen LogP) is 7.85. The van der Waals surface area contributed by atoms with Crippen LogP contribution in [-0.2, 0) is 9.47 Å². The summed E-state index contributed by atoms with van der Waals surface area (Å²) in [6.07, 6.45) is 21.1. The molecule has 0 N–H and O–H groups in total. The minimum Gasteiger partial charge on any atom is -0.376 e. The van der Waals surface area contributed by atoms with Gasteiger partial charge in [0.05, 0.1) is 24.4 Å². The van der Waals surface area contributed by atoms with Gasteiger partial charge in [0, 0.05) is 0 Å². The van der Waals surface area contributed by atoms with Crippen LogP contribution in [0.2, 0.25) is 0 Å². The summed E-state index contributed by atoms with van der Waals surface area (Å²) in [5.74, 6) is 0. The molecule has 0 radical (unpaired) electrons. The van der Waals surface area contributed by atoms with E-state index in [9.17, 15) is 0 Å². The van der Waals surface area contributed by atoms with E-state index in [-0.39, 0.29) is 0 Å². The Balaban J connectivity index is 3.93. The molecule has 0 aliphatic heterocycles. The molecule has 0 fully saturated rings. The highest BCUT2D eigenvalue weighted by molar-refractivity contribution is 4.81. The first-order valence-corrected chi connectivity index (χ1v) is 11.4. The van der Waals surface area contributed by atoms with Gasteiger partial charge in [-0.05, 0) is 66.2 Å². The third kappa shape index (κ3) is 17.1. The monoisotopic (exact) mass is 368 g/mol. The van der Waals surface area contributed by atoms with E-state index >= 15 is 0 Å². The molecule has 0 amide bonds. The van der Waals surface area contributed by atoms with Crippen LogP contribution in [0.4, 0.5) is 0 Å². The first-order valence-electron chi connectivity index (χ1n) is 11.4. The summed E-state index contributed by atoms with van der Waals surface area (Å²) in [4.78, 5) is 0. The van der Waals surface area contributed by atoms with Gasteiger partial charge in [-0.2, -0.15) is 0 Å². The second kappa shape index (κ2) is 18.0. The minimum atomic E-state index is 0.336. The van der Waals surface area contributed by atoms with E-state index in [1.54, 1.807) is 0 Å². The van der Waals surface area contributed by atoms with Gasteiger partial charge in [0.2, 0.25) is 0 Å². The Morgan fingerprint density at radius 1 is 0.615 bits per heavy atom. The summed E-state index contributed by atoms with van der Waals surface area (Å²) in [6.45, 7) is 13.1. The van der Waals surface area contributed by atoms with Crippen LogP contribution in [0.15, 0.2) is 12.2 Å². The molecule has 156 valence electrons. The Labute approximate surface area is 165 Å². The number of unbranched alkanes of at least 4 members (excludes halogenated alkanes) is 4. The molecule has 0 saturated heterocycles. The lowest BCUT2D eigenvalue weighted by molar-refractivity contribution is -0.00528. The number of allylic oxidation sites excluding steroid dienone is 2. The fraction of sp³-hybridized carbons (Fsp3) is 0.917. The summed E-state index contributed by atoms with van der Waals surface area (Å²) in [5, 5.41) is 0. The molecule has 0 aromatic heterocycles. The zero-order valence-electron chi connectivity index (χ0n) is 18.8. The van der Waals surface area contributed by atoms with E-state index in [0.29, 0.717) is 24.4 Å². The third-order valence-electron chi connectivity index (χ3n) is 4.67. The Morgan fingerprint density at radius 3 is 1.58 bits per heavy atom. The first kappa shape index (κ1) is 25.7. The van der Waals surface area contributed by atoms with E-state index < -0.39 is 0 Å². The topological polar surface area (TPSA) is 18.5 Å². The average Bonchev–Trinajstić information content (AvgIpc) is 2.58. The van der Waals surface area contributed by atoms with Gasteiger partial charge in [-0.25, -0.2) is 0 Å². The van der Waals surface area contributed by atoms with E-state index in [0.717, 1.165) is 19.3 Å². The van der Waals surface area contributed by atoms with Crippen molar-refractivity contribution < 1.29 is 9.47 Å². The van der Waals surface area contributed by atoms with Gasteiger partial charge < -0.3 is 9.47 Å². The van der Waals surface area contributed by atoms with Crippen LogP contribution in [0.1, 0.15) is 119 Å². The largest absolute Gasteiger partial charge is 0.376 e. The molecule has 26 heavy (non-hydrogen) atoms. The molecule has 2 unspecified atom stereocenters. The fourth-order valence-electron chi connectivity index (χ4n) is 3.43. The van der Waals surface area contributed by atoms with Crippen LogP contribution < -0.4 is 0 Å². The lowest BCUT2D eigenvalue weighted by Crippen LogP contribution is -2.18. The van der Waals surface area contributed by atoms with Crippen LogP contribution >= 0.6 is 0 Å². The van der Waals surface area contributed by atoms with Crippen LogP contribution in [-0.4, -0.2) is 24.4 Å². The first-order chi connectivity index (χ1) is 12.5. The summed E-state index contributed by atoms with van der Waals surface area (Å²) < 4.78 is 12.2. The second-order valence-corrected chi connectivity index (χ2v) is 8.20. The van der Waals surface area contributed by atoms with Gasteiger partial charge in [0.25, 0.3) is 0 Å². The Kier molecular flexibility index (Phi) is 17.8. The van der Waals surface area contributed by atoms with E-state index in [1.165, 1.54) is 57.8 Å². The maximum absolute atomic E-state index is 6.11. The molecule has 2 atom stereocenters. The van der Waals surface area contributed by atoms with Crippen molar-refractivity contribution >= 4 is 0 Å². The maximum atomic E-state index is 6.11. The van der Waals surface area contributed by atoms with E-state index in [1.807, 2.05) is 0 Å². The molecule has 0 rings (SSSR count). The highest BCUT2D eigenvalue weighted by Gasteiger charge is 2.12. The normalized spacial score (nSPS) is 14.6. The smallest absolute Gasteiger partial charge is 0.0581 e. The van der Waals surface area contributed by atoms with Crippen molar-refractivity contribution in [2.75, 3.05) is 0 Å². The zero-order valence-corrected chi connectivity index (χ0v) is 18.8. The summed E-state index contributed by atoms with van der Waals surface area (Å²) in [6, 6.07) is 0. The van der Waals surface area contributed by atoms with Crippen molar-refractivity contribution in [1.82, 2.24) is 0 Å². The number of rotatable bonds is 18. The molecule has 0 saturated carbocycles. The summed E-state index contributed by atoms with van der Waals surface area (Å²) in [5.41, 5.74) is 0. The van der Waals surface area contributed by atoms with Crippen molar-refractivity contribution in [3.8, 4) is 0 Å². The molecule has 0 aromatic rings. The minimum absolute atomic E-state index is 0.336. The maximum Gasteiger partial charge on any atom is 0.0581 e. The highest BCUT2D eigenvalue weighted by atomic mass is 16.5. The van der Waals surface area contributed by atoms with Gasteiger partial charge in [-0.15, -0.1) is 0 Å². The van der Waals surface area contributed by atoms with Crippen molar-refractivity contribution in [2.24, 2.45) is 0 Å². The van der Waals surface area contributed by atoms with Gasteiger partial charge >= 0.3 is 0 Å². The van der Waals surface area contributed by atoms with Crippen LogP contribution in [0.5, 0.6) is 0 Å². The highest BCUT2D eigenvalue weighted by Crippen LogP contribution is 2.18. The molecule has 0 spiro atoms. The lowest BCUT2D eigenvalue weighted by Gasteiger charge is -2.21. The number of hydrogen-bond acceptors (Lipinski definition) is 2. The molecule has 2 heteroatoms. The van der Waals surface area contributed by atoms with Gasteiger partial charge in [-0.1, -0.05) is 64.5 Å². The van der Waals surface area contributed by atoms with E-state index in [4.69, 9.17) is 9.47 Å². The Hall–Kier alpha value is -0.340. The second-order valence-electron chi connectivity index (χ2n) is 8.20. The standard InChI is InChI=1S/C24H48O2/c1-7-9-11-14-18-24(26-22(5)6)20-16-13-12-15-19-23(17-10-8-2)25-21(3)4/h9,11,21-24H,7-8,10,12-20H2,1-6H3/b11-9+. The average molecular weight is 369 g/mol. The van der Waals surface area contributed by atoms with E-state index in [2.05, 4.69) is 53.7 Å². The fourth-order valence-corrected chi connectivity index (χ4v) is 3.43. The molecule has 0 aliphatic rings. The number of ether oxygens (including phenoxy) is 2. The van der Waals surface area contributed by atoms with Gasteiger partial charge in [0.1, 0.15) is 0 Å². The Morgan fingerprint density at radius 2 is 1.12 bits per heavy atom. The molecule has 0 bridgehead atoms. The van der Waals surface area contributed by atoms with Crippen molar-refractivity contribution in [3.63, 3.8) is 0 Å². The quantitative estimate of drug-likeness (QED) is 0.181. The van der Waals surface area contributed by atoms with Crippen LogP contribution in [0.3, 0.4) is 0 Å². The number of hydrogen-bond donors (Lipinski definition) is 0. The van der Waals surface area contributed by atoms with Crippen LogP contribution in [0.25, 0.3) is 0 Å². The zero-order chi connectivity index (χ0) is 19.6. The Bertz CT molecular complexity index is 309. The van der Waals surface area contributed by atoms with Gasteiger partial charge in [-0.3, -0.25) is 0 Å². The molecule has 0 aliphatic carbocycles. The molecule has 0 aromatic carbocycles. The van der Waals surface area contributed by atoms with Gasteiger partial charge in [0.15, 0.2) is 0 Å². The summed E-state index contributed by atoms with van der Waals surface area (Å²) in [7, 11) is 0. The third-order valence-corrected chi connectivity index (χ3v) is 4.67. The van der Waals surface area contributed by atoms with Crippen molar-refractivity contribution in [3.05, 3.63) is 12.2 Å². The molecule has 0 heterocycles. The summed E-state index contributed by atoms with van der Waals surface area (Å²) >= 11 is 0. The SMILES string of the molecule is CC/C=C/CCC(CCCCCCC(CCCC)OC(C)C)OC(C)C. The predicted molar refractivity (Wildman–Crippen MR) is 116 cm³/mol. The molecular formula is C24H48O2. The van der Waals surface area contributed by atoms with Crippen molar-refractivity contribution in [2.45, 2.75) is 143 Å².